The van der Waals surface area contributed by atoms with Gasteiger partial charge in [0.15, 0.2) is 8.07 Å². The zero-order valence-corrected chi connectivity index (χ0v) is 29.5. The molecule has 51 heavy (non-hydrogen) atoms. The summed E-state index contributed by atoms with van der Waals surface area (Å²) in [5.41, 5.74) is 4.92. The summed E-state index contributed by atoms with van der Waals surface area (Å²) in [6, 6.07) is 59.4. The van der Waals surface area contributed by atoms with Crippen molar-refractivity contribution in [3.8, 4) is 11.4 Å². The van der Waals surface area contributed by atoms with Crippen molar-refractivity contribution in [1.82, 2.24) is 9.13 Å². The molecule has 0 atom stereocenters. The Morgan fingerprint density at radius 1 is 0.353 bits per heavy atom. The predicted octanol–water partition coefficient (Wildman–Crippen LogP) is 5.66. The van der Waals surface area contributed by atoms with E-state index in [1.54, 1.807) is 0 Å². The largest absolute Gasteiger partial charge is 0.310 e. The molecule has 6 aromatic carbocycles. The monoisotopic (exact) mass is 670 g/mol. The van der Waals surface area contributed by atoms with E-state index in [0.717, 1.165) is 25.7 Å². The zero-order chi connectivity index (χ0) is 33.8. The molecule has 0 unspecified atom stereocenters. The number of nitrogens with zero attached hydrogens (tertiary/aromatic N) is 2. The molecule has 0 amide bonds. The summed E-state index contributed by atoms with van der Waals surface area (Å²) < 4.78 is 5.09. The summed E-state index contributed by atoms with van der Waals surface area (Å²) in [4.78, 5) is 0. The highest BCUT2D eigenvalue weighted by molar-refractivity contribution is 7.20. The molecule has 2 aliphatic rings. The van der Waals surface area contributed by atoms with Gasteiger partial charge in [-0.25, -0.2) is 0 Å². The third-order valence-corrected chi connectivity index (χ3v) is 15.8. The molecule has 244 valence electrons. The third-order valence-electron chi connectivity index (χ3n) is 11.1. The molecule has 2 aromatic heterocycles. The molecule has 0 fully saturated rings. The van der Waals surface area contributed by atoms with Crippen LogP contribution < -0.4 is 41.9 Å². The van der Waals surface area contributed by atoms with Gasteiger partial charge in [0.25, 0.3) is 0 Å². The Labute approximate surface area is 298 Å². The first kappa shape index (κ1) is 30.0. The van der Waals surface area contributed by atoms with Crippen LogP contribution >= 0.6 is 0 Å². The Hall–Kier alpha value is -5.90. The molecule has 0 saturated heterocycles. The van der Waals surface area contributed by atoms with Crippen LogP contribution in [0.4, 0.5) is 0 Å². The van der Waals surface area contributed by atoms with Crippen molar-refractivity contribution in [3.63, 3.8) is 0 Å². The van der Waals surface area contributed by atoms with Gasteiger partial charge in [0, 0.05) is 43.3 Å². The molecule has 0 spiro atoms. The average Bonchev–Trinajstić information content (AvgIpc) is 3.73. The molecule has 0 aliphatic heterocycles. The van der Waals surface area contributed by atoms with Crippen molar-refractivity contribution in [2.45, 2.75) is 25.7 Å². The molecule has 0 bridgehead atoms. The number of aromatic nitrogens is 2. The van der Waals surface area contributed by atoms with Gasteiger partial charge in [-0.2, -0.15) is 0 Å². The first-order valence-corrected chi connectivity index (χ1v) is 20.2. The average molecular weight is 671 g/mol. The Balaban J connectivity index is 1.41. The minimum Gasteiger partial charge on any atom is -0.310 e. The molecule has 10 rings (SSSR count). The van der Waals surface area contributed by atoms with Gasteiger partial charge < -0.3 is 9.13 Å². The van der Waals surface area contributed by atoms with E-state index < -0.39 is 8.07 Å². The van der Waals surface area contributed by atoms with Crippen LogP contribution in [0.2, 0.25) is 0 Å². The lowest BCUT2D eigenvalue weighted by molar-refractivity contribution is 1.00. The highest BCUT2D eigenvalue weighted by Crippen LogP contribution is 2.23. The second-order valence-corrected chi connectivity index (χ2v) is 17.7. The van der Waals surface area contributed by atoms with Gasteiger partial charge in [-0.3, -0.25) is 0 Å². The van der Waals surface area contributed by atoms with Crippen LogP contribution in [0.15, 0.2) is 158 Å². The van der Waals surface area contributed by atoms with Gasteiger partial charge in [-0.05, 0) is 76.8 Å². The second-order valence-electron chi connectivity index (χ2n) is 13.9. The third kappa shape index (κ3) is 4.62. The van der Waals surface area contributed by atoms with Crippen LogP contribution in [0.5, 0.6) is 0 Å². The summed E-state index contributed by atoms with van der Waals surface area (Å²) in [5.74, 6) is 0. The molecule has 0 radical (unpaired) electrons. The lowest BCUT2D eigenvalue weighted by Crippen LogP contribution is -2.74. The van der Waals surface area contributed by atoms with Crippen molar-refractivity contribution in [2.24, 2.45) is 0 Å². The van der Waals surface area contributed by atoms with Crippen LogP contribution in [-0.2, 0) is 0 Å². The van der Waals surface area contributed by atoms with Crippen LogP contribution in [0.1, 0.15) is 25.7 Å². The second kappa shape index (κ2) is 12.2. The standard InChI is InChI=1S/C48H38N2Si/c1-4-18-37(19-5-1)51(38-20-6-2-7-21-38,39-22-8-3-9-23-39)40-33-35(49-45-28-14-10-24-41(45)42-25-11-15-29-46(42)49)32-36(34-40)50-47-30-16-12-26-43(47)44-27-13-17-31-48(44)50/h1-10,12,14,16,18-34H,11,13,15,17H2. The van der Waals surface area contributed by atoms with E-state index in [4.69, 9.17) is 0 Å². The molecular formula is C48H38N2Si. The molecule has 2 nitrogen and oxygen atoms in total. The van der Waals surface area contributed by atoms with Crippen LogP contribution in [-0.4, -0.2) is 17.2 Å². The van der Waals surface area contributed by atoms with Crippen molar-refractivity contribution in [2.75, 3.05) is 0 Å². The number of benzene rings is 6. The Kier molecular flexibility index (Phi) is 7.14. The number of para-hydroxylation sites is 2. The minimum absolute atomic E-state index is 1.05. The molecule has 0 N–H and O–H groups in total. The van der Waals surface area contributed by atoms with Crippen LogP contribution in [0.3, 0.4) is 0 Å². The minimum atomic E-state index is -2.86. The van der Waals surface area contributed by atoms with Gasteiger partial charge in [-0.1, -0.05) is 152 Å². The predicted molar refractivity (Wildman–Crippen MR) is 219 cm³/mol. The van der Waals surface area contributed by atoms with Gasteiger partial charge in [0.2, 0.25) is 0 Å². The molecular weight excluding hydrogens is 633 g/mol. The quantitative estimate of drug-likeness (QED) is 0.160. The van der Waals surface area contributed by atoms with E-state index in [1.807, 2.05) is 0 Å². The molecule has 2 aliphatic carbocycles. The van der Waals surface area contributed by atoms with E-state index in [1.165, 1.54) is 75.1 Å². The van der Waals surface area contributed by atoms with Gasteiger partial charge in [-0.15, -0.1) is 0 Å². The normalized spacial score (nSPS) is 13.8. The van der Waals surface area contributed by atoms with E-state index in [2.05, 4.69) is 191 Å². The number of hydrogen-bond acceptors (Lipinski definition) is 0. The van der Waals surface area contributed by atoms with Gasteiger partial charge in [0.05, 0.1) is 11.0 Å². The van der Waals surface area contributed by atoms with Crippen molar-refractivity contribution in [3.05, 3.63) is 179 Å². The first-order valence-electron chi connectivity index (χ1n) is 18.2. The zero-order valence-electron chi connectivity index (χ0n) is 28.5. The van der Waals surface area contributed by atoms with E-state index in [9.17, 15) is 0 Å². The van der Waals surface area contributed by atoms with Crippen LogP contribution in [0.25, 0.3) is 57.5 Å². The fourth-order valence-corrected chi connectivity index (χ4v) is 13.8. The van der Waals surface area contributed by atoms with E-state index in [-0.39, 0.29) is 0 Å². The Bertz CT molecular complexity index is 2620. The summed E-state index contributed by atoms with van der Waals surface area (Å²) in [5, 5.41) is 13.5. The van der Waals surface area contributed by atoms with E-state index >= 15 is 0 Å². The number of rotatable bonds is 6. The summed E-state index contributed by atoms with van der Waals surface area (Å²) in [6.45, 7) is 0. The first-order chi connectivity index (χ1) is 25.3. The maximum absolute atomic E-state index is 2.86. The summed E-state index contributed by atoms with van der Waals surface area (Å²) in [7, 11) is -2.86. The molecule has 3 heteroatoms. The Morgan fingerprint density at radius 3 is 1.16 bits per heavy atom. The maximum atomic E-state index is 2.54. The number of fused-ring (bicyclic) bond motifs is 6. The Morgan fingerprint density at radius 2 is 0.725 bits per heavy atom. The highest BCUT2D eigenvalue weighted by Gasteiger charge is 2.42. The topological polar surface area (TPSA) is 9.86 Å². The van der Waals surface area contributed by atoms with Crippen molar-refractivity contribution < 1.29 is 0 Å². The maximum Gasteiger partial charge on any atom is 0.179 e. The van der Waals surface area contributed by atoms with Crippen molar-refractivity contribution >= 4 is 74.9 Å². The fraction of sp³-hybridized carbons (Fsp3) is 0.0833. The highest BCUT2D eigenvalue weighted by atomic mass is 28.3. The molecule has 0 saturated carbocycles. The lowest BCUT2D eigenvalue weighted by Gasteiger charge is -2.35. The molecule has 8 aromatic rings. The van der Waals surface area contributed by atoms with Crippen molar-refractivity contribution in [1.29, 1.82) is 0 Å². The van der Waals surface area contributed by atoms with E-state index in [0.29, 0.717) is 0 Å². The summed E-state index contributed by atoms with van der Waals surface area (Å²) in [6.07, 6.45) is 14.0. The fourth-order valence-electron chi connectivity index (χ4n) is 8.99. The van der Waals surface area contributed by atoms with Crippen LogP contribution in [0, 0.1) is 0 Å². The smallest absolute Gasteiger partial charge is 0.179 e. The summed E-state index contributed by atoms with van der Waals surface area (Å²) >= 11 is 0. The molecule has 2 heterocycles. The SMILES string of the molecule is C1=c2c(n(-c3cc(-n4c5c(c6ccccc64)=CCCC=5)cc([Si](c4ccccc4)(c4ccccc4)c4ccccc4)c3)c3ccccc23)=CCC1. The van der Waals surface area contributed by atoms with Gasteiger partial charge >= 0.3 is 0 Å². The lowest BCUT2D eigenvalue weighted by atomic mass is 10.1. The van der Waals surface area contributed by atoms with Gasteiger partial charge in [0.1, 0.15) is 0 Å². The number of hydrogen-bond donors (Lipinski definition) is 0.